The first-order chi connectivity index (χ1) is 10.2. The minimum atomic E-state index is -0.189. The van der Waals surface area contributed by atoms with E-state index in [0.29, 0.717) is 22.6 Å². The molecule has 108 valence electrons. The van der Waals surface area contributed by atoms with Gasteiger partial charge in [0.1, 0.15) is 5.82 Å². The van der Waals surface area contributed by atoms with Crippen molar-refractivity contribution in [2.45, 2.75) is 18.9 Å². The number of amides is 2. The number of carbonyl (C=O) groups is 1. The number of nitrogens with one attached hydrogen (secondary N) is 3. The molecule has 5 nitrogen and oxygen atoms in total. The lowest BCUT2D eigenvalue weighted by atomic mass is 10.3. The van der Waals surface area contributed by atoms with Crippen molar-refractivity contribution in [1.82, 2.24) is 10.3 Å². The van der Waals surface area contributed by atoms with Crippen LogP contribution in [0.1, 0.15) is 12.8 Å². The van der Waals surface area contributed by atoms with Crippen LogP contribution in [0.15, 0.2) is 42.6 Å². The summed E-state index contributed by atoms with van der Waals surface area (Å²) in [6.07, 6.45) is 3.73. The summed E-state index contributed by atoms with van der Waals surface area (Å²) in [5.74, 6) is 0.663. The Labute approximate surface area is 127 Å². The first-order valence-corrected chi connectivity index (χ1v) is 7.13. The lowest BCUT2D eigenvalue weighted by molar-refractivity contribution is 0.251. The summed E-state index contributed by atoms with van der Waals surface area (Å²) in [6, 6.07) is 11.2. The van der Waals surface area contributed by atoms with Crippen LogP contribution in [0.5, 0.6) is 0 Å². The molecule has 1 aliphatic rings. The number of nitrogens with zero attached hydrogens (tertiary/aromatic N) is 1. The van der Waals surface area contributed by atoms with Gasteiger partial charge < -0.3 is 16.0 Å². The second-order valence-electron chi connectivity index (χ2n) is 4.91. The van der Waals surface area contributed by atoms with E-state index in [4.69, 9.17) is 11.6 Å². The zero-order valence-electron chi connectivity index (χ0n) is 11.3. The average Bonchev–Trinajstić information content (AvgIpc) is 3.27. The molecule has 3 rings (SSSR count). The first-order valence-electron chi connectivity index (χ1n) is 6.76. The smallest absolute Gasteiger partial charge is 0.319 e. The van der Waals surface area contributed by atoms with Gasteiger partial charge in [0.25, 0.3) is 0 Å². The van der Waals surface area contributed by atoms with Crippen molar-refractivity contribution in [3.8, 4) is 0 Å². The number of pyridine rings is 1. The van der Waals surface area contributed by atoms with Gasteiger partial charge in [-0.1, -0.05) is 23.7 Å². The van der Waals surface area contributed by atoms with E-state index in [2.05, 4.69) is 20.9 Å². The van der Waals surface area contributed by atoms with Gasteiger partial charge >= 0.3 is 6.03 Å². The van der Waals surface area contributed by atoms with Gasteiger partial charge in [0.05, 0.1) is 22.6 Å². The number of hydrogen-bond donors (Lipinski definition) is 3. The standard InChI is InChI=1S/C15H15ClN4O/c16-12-3-1-2-4-13(12)20-14-8-7-11(9-17-14)19-15(21)18-10-5-6-10/h1-4,7-10H,5-6H2,(H,17,20)(H2,18,19,21). The zero-order valence-corrected chi connectivity index (χ0v) is 12.0. The van der Waals surface area contributed by atoms with E-state index in [-0.39, 0.29) is 6.03 Å². The maximum absolute atomic E-state index is 11.6. The Hall–Kier alpha value is -2.27. The number of rotatable bonds is 4. The normalized spacial score (nSPS) is 13.6. The van der Waals surface area contributed by atoms with Crippen molar-refractivity contribution in [1.29, 1.82) is 0 Å². The fraction of sp³-hybridized carbons (Fsp3) is 0.200. The molecule has 1 aromatic carbocycles. The summed E-state index contributed by atoms with van der Waals surface area (Å²) in [5, 5.41) is 9.36. The third-order valence-corrected chi connectivity index (χ3v) is 3.40. The highest BCUT2D eigenvalue weighted by Gasteiger charge is 2.23. The number of halogens is 1. The minimum absolute atomic E-state index is 0.189. The Morgan fingerprint density at radius 2 is 2.00 bits per heavy atom. The Morgan fingerprint density at radius 3 is 2.67 bits per heavy atom. The Balaban J connectivity index is 1.61. The quantitative estimate of drug-likeness (QED) is 0.805. The van der Waals surface area contributed by atoms with Crippen LogP contribution < -0.4 is 16.0 Å². The van der Waals surface area contributed by atoms with Gasteiger partial charge in [0, 0.05) is 6.04 Å². The Kier molecular flexibility index (Phi) is 3.92. The van der Waals surface area contributed by atoms with Crippen molar-refractivity contribution < 1.29 is 4.79 Å². The molecule has 1 saturated carbocycles. The fourth-order valence-electron chi connectivity index (χ4n) is 1.82. The number of carbonyl (C=O) groups excluding carboxylic acids is 1. The summed E-state index contributed by atoms with van der Waals surface area (Å²) in [6.45, 7) is 0. The van der Waals surface area contributed by atoms with Gasteiger partial charge in [-0.25, -0.2) is 9.78 Å². The molecule has 3 N–H and O–H groups in total. The molecule has 2 aromatic rings. The molecule has 0 bridgehead atoms. The SMILES string of the molecule is O=C(Nc1ccc(Nc2ccccc2Cl)nc1)NC1CC1. The highest BCUT2D eigenvalue weighted by atomic mass is 35.5. The van der Waals surface area contributed by atoms with E-state index < -0.39 is 0 Å². The summed E-state index contributed by atoms with van der Waals surface area (Å²) in [5.41, 5.74) is 1.44. The van der Waals surface area contributed by atoms with Gasteiger partial charge in [0.15, 0.2) is 0 Å². The molecule has 2 amide bonds. The van der Waals surface area contributed by atoms with E-state index in [1.165, 1.54) is 0 Å². The Bertz CT molecular complexity index is 640. The van der Waals surface area contributed by atoms with Crippen molar-refractivity contribution >= 4 is 34.8 Å². The third-order valence-electron chi connectivity index (χ3n) is 3.07. The topological polar surface area (TPSA) is 66.0 Å². The number of para-hydroxylation sites is 1. The van der Waals surface area contributed by atoms with Crippen LogP contribution in [-0.4, -0.2) is 17.1 Å². The number of anilines is 3. The summed E-state index contributed by atoms with van der Waals surface area (Å²) >= 11 is 6.07. The lowest BCUT2D eigenvalue weighted by Gasteiger charge is -2.09. The van der Waals surface area contributed by atoms with Gasteiger partial charge in [-0.15, -0.1) is 0 Å². The number of benzene rings is 1. The van der Waals surface area contributed by atoms with Crippen LogP contribution in [0.3, 0.4) is 0 Å². The van der Waals surface area contributed by atoms with Crippen LogP contribution in [0.2, 0.25) is 5.02 Å². The average molecular weight is 303 g/mol. The second-order valence-corrected chi connectivity index (χ2v) is 5.32. The molecule has 0 saturated heterocycles. The van der Waals surface area contributed by atoms with Gasteiger partial charge in [-0.2, -0.15) is 0 Å². The highest BCUT2D eigenvalue weighted by molar-refractivity contribution is 6.33. The molecule has 1 aromatic heterocycles. The zero-order chi connectivity index (χ0) is 14.7. The third kappa shape index (κ3) is 3.86. The van der Waals surface area contributed by atoms with Crippen molar-refractivity contribution in [3.05, 3.63) is 47.6 Å². The van der Waals surface area contributed by atoms with E-state index in [9.17, 15) is 4.79 Å². The molecule has 1 heterocycles. The summed E-state index contributed by atoms with van der Waals surface area (Å²) < 4.78 is 0. The maximum Gasteiger partial charge on any atom is 0.319 e. The largest absolute Gasteiger partial charge is 0.339 e. The van der Waals surface area contributed by atoms with Crippen LogP contribution in [0.4, 0.5) is 22.0 Å². The van der Waals surface area contributed by atoms with Crippen LogP contribution in [0.25, 0.3) is 0 Å². The molecule has 0 spiro atoms. The van der Waals surface area contributed by atoms with Crippen molar-refractivity contribution in [2.75, 3.05) is 10.6 Å². The molecular weight excluding hydrogens is 288 g/mol. The van der Waals surface area contributed by atoms with Gasteiger partial charge in [-0.05, 0) is 37.1 Å². The predicted octanol–water partition coefficient (Wildman–Crippen LogP) is 3.76. The van der Waals surface area contributed by atoms with Crippen molar-refractivity contribution in [2.24, 2.45) is 0 Å². The molecule has 21 heavy (non-hydrogen) atoms. The second kappa shape index (κ2) is 6.01. The molecule has 6 heteroatoms. The monoisotopic (exact) mass is 302 g/mol. The summed E-state index contributed by atoms with van der Waals surface area (Å²) in [7, 11) is 0. The Morgan fingerprint density at radius 1 is 1.19 bits per heavy atom. The first kappa shape index (κ1) is 13.7. The maximum atomic E-state index is 11.6. The fourth-order valence-corrected chi connectivity index (χ4v) is 2.01. The van der Waals surface area contributed by atoms with Crippen molar-refractivity contribution in [3.63, 3.8) is 0 Å². The molecule has 0 unspecified atom stereocenters. The van der Waals surface area contributed by atoms with E-state index >= 15 is 0 Å². The number of hydrogen-bond acceptors (Lipinski definition) is 3. The molecule has 0 atom stereocenters. The number of urea groups is 1. The molecule has 0 radical (unpaired) electrons. The number of aromatic nitrogens is 1. The van der Waals surface area contributed by atoms with Gasteiger partial charge in [-0.3, -0.25) is 0 Å². The van der Waals surface area contributed by atoms with E-state index in [0.717, 1.165) is 18.5 Å². The van der Waals surface area contributed by atoms with E-state index in [1.54, 1.807) is 18.3 Å². The van der Waals surface area contributed by atoms with E-state index in [1.807, 2.05) is 24.3 Å². The predicted molar refractivity (Wildman–Crippen MR) is 84.1 cm³/mol. The van der Waals surface area contributed by atoms with Crippen LogP contribution in [-0.2, 0) is 0 Å². The van der Waals surface area contributed by atoms with Gasteiger partial charge in [0.2, 0.25) is 0 Å². The highest BCUT2D eigenvalue weighted by Crippen LogP contribution is 2.24. The molecule has 0 aliphatic heterocycles. The van der Waals surface area contributed by atoms with Crippen LogP contribution >= 0.6 is 11.6 Å². The minimum Gasteiger partial charge on any atom is -0.339 e. The summed E-state index contributed by atoms with van der Waals surface area (Å²) in [4.78, 5) is 15.9. The lowest BCUT2D eigenvalue weighted by Crippen LogP contribution is -2.30. The van der Waals surface area contributed by atoms with Crippen LogP contribution in [0, 0.1) is 0 Å². The molecular formula is C15H15ClN4O. The molecule has 1 aliphatic carbocycles. The molecule has 1 fully saturated rings.